The van der Waals surface area contributed by atoms with E-state index < -0.39 is 0 Å². The second kappa shape index (κ2) is 6.03. The van der Waals surface area contributed by atoms with Crippen molar-refractivity contribution in [1.82, 2.24) is 0 Å². The Hall–Kier alpha value is -1.60. The van der Waals surface area contributed by atoms with E-state index in [1.807, 2.05) is 50.2 Å². The van der Waals surface area contributed by atoms with Crippen LogP contribution in [0.15, 0.2) is 42.5 Å². The number of carbonyl (C=O) groups is 1. The Balaban J connectivity index is 2.03. The molecule has 0 heterocycles. The molecular formula is C17H17ClO. The van der Waals surface area contributed by atoms with Gasteiger partial charge in [0.15, 0.2) is 5.78 Å². The molecule has 0 spiro atoms. The first-order valence-electron chi connectivity index (χ1n) is 6.41. The summed E-state index contributed by atoms with van der Waals surface area (Å²) in [5.74, 6) is 0.201. The maximum atomic E-state index is 12.2. The molecule has 0 unspecified atom stereocenters. The van der Waals surface area contributed by atoms with E-state index in [1.54, 1.807) is 0 Å². The van der Waals surface area contributed by atoms with E-state index in [1.165, 1.54) is 5.56 Å². The third-order valence-corrected chi connectivity index (χ3v) is 3.49. The summed E-state index contributed by atoms with van der Waals surface area (Å²) in [7, 11) is 0. The number of hydrogen-bond donors (Lipinski definition) is 0. The molecule has 0 aromatic heterocycles. The van der Waals surface area contributed by atoms with Crippen molar-refractivity contribution in [1.29, 1.82) is 0 Å². The van der Waals surface area contributed by atoms with Gasteiger partial charge in [0.2, 0.25) is 0 Å². The molecule has 0 atom stereocenters. The zero-order valence-electron chi connectivity index (χ0n) is 11.2. The van der Waals surface area contributed by atoms with E-state index >= 15 is 0 Å². The minimum absolute atomic E-state index is 0.201. The van der Waals surface area contributed by atoms with E-state index in [9.17, 15) is 4.79 Å². The molecule has 0 saturated carbocycles. The van der Waals surface area contributed by atoms with Crippen molar-refractivity contribution >= 4 is 17.4 Å². The van der Waals surface area contributed by atoms with Crippen molar-refractivity contribution in [3.05, 3.63) is 69.7 Å². The molecule has 0 bridgehead atoms. The number of benzene rings is 2. The SMILES string of the molecule is Cc1ccc(C(=O)CCc2ccc(Cl)cc2)c(C)c1. The lowest BCUT2D eigenvalue weighted by Crippen LogP contribution is -2.03. The summed E-state index contributed by atoms with van der Waals surface area (Å²) in [5, 5.41) is 0.726. The van der Waals surface area contributed by atoms with Crippen LogP contribution >= 0.6 is 11.6 Å². The lowest BCUT2D eigenvalue weighted by atomic mass is 9.98. The van der Waals surface area contributed by atoms with Gasteiger partial charge in [0.05, 0.1) is 0 Å². The van der Waals surface area contributed by atoms with Crippen LogP contribution in [0.2, 0.25) is 5.02 Å². The predicted molar refractivity (Wildman–Crippen MR) is 80.0 cm³/mol. The smallest absolute Gasteiger partial charge is 0.163 e. The topological polar surface area (TPSA) is 17.1 Å². The number of hydrogen-bond acceptors (Lipinski definition) is 1. The van der Waals surface area contributed by atoms with Gasteiger partial charge in [-0.1, -0.05) is 47.5 Å². The Morgan fingerprint density at radius 2 is 1.74 bits per heavy atom. The molecule has 0 amide bonds. The monoisotopic (exact) mass is 272 g/mol. The number of Topliss-reactive ketones (excluding diaryl/α,β-unsaturated/α-hetero) is 1. The fourth-order valence-corrected chi connectivity index (χ4v) is 2.30. The Bertz CT molecular complexity index is 585. The largest absolute Gasteiger partial charge is 0.294 e. The molecule has 98 valence electrons. The van der Waals surface area contributed by atoms with Crippen molar-refractivity contribution in [3.8, 4) is 0 Å². The number of rotatable bonds is 4. The molecule has 19 heavy (non-hydrogen) atoms. The lowest BCUT2D eigenvalue weighted by molar-refractivity contribution is 0.0982. The quantitative estimate of drug-likeness (QED) is 0.733. The van der Waals surface area contributed by atoms with E-state index in [0.29, 0.717) is 6.42 Å². The third kappa shape index (κ3) is 3.68. The van der Waals surface area contributed by atoms with E-state index in [0.717, 1.165) is 28.1 Å². The average Bonchev–Trinajstić information content (AvgIpc) is 2.37. The molecule has 2 aromatic rings. The first-order valence-corrected chi connectivity index (χ1v) is 6.79. The van der Waals surface area contributed by atoms with Gasteiger partial charge in [-0.25, -0.2) is 0 Å². The van der Waals surface area contributed by atoms with Crippen LogP contribution < -0.4 is 0 Å². The minimum Gasteiger partial charge on any atom is -0.294 e. The molecular weight excluding hydrogens is 256 g/mol. The molecule has 2 rings (SSSR count). The summed E-state index contributed by atoms with van der Waals surface area (Å²) >= 11 is 5.84. The Morgan fingerprint density at radius 3 is 2.37 bits per heavy atom. The van der Waals surface area contributed by atoms with Crippen LogP contribution in [-0.4, -0.2) is 5.78 Å². The highest BCUT2D eigenvalue weighted by atomic mass is 35.5. The minimum atomic E-state index is 0.201. The van der Waals surface area contributed by atoms with Crippen LogP contribution in [0.3, 0.4) is 0 Å². The molecule has 0 aliphatic rings. The zero-order valence-corrected chi connectivity index (χ0v) is 12.0. The maximum Gasteiger partial charge on any atom is 0.163 e. The summed E-state index contributed by atoms with van der Waals surface area (Å²) in [5.41, 5.74) is 4.22. The van der Waals surface area contributed by atoms with E-state index in [4.69, 9.17) is 11.6 Å². The standard InChI is InChI=1S/C17H17ClO/c1-12-3-9-16(13(2)11-12)17(19)10-6-14-4-7-15(18)8-5-14/h3-5,7-9,11H,6,10H2,1-2H3. The Labute approximate surface area is 119 Å². The van der Waals surface area contributed by atoms with Crippen LogP contribution in [0.4, 0.5) is 0 Å². The summed E-state index contributed by atoms with van der Waals surface area (Å²) in [6.45, 7) is 4.03. The number of ketones is 1. The number of aryl methyl sites for hydroxylation is 3. The van der Waals surface area contributed by atoms with Gasteiger partial charge in [-0.2, -0.15) is 0 Å². The van der Waals surface area contributed by atoms with Gasteiger partial charge in [0.25, 0.3) is 0 Å². The highest BCUT2D eigenvalue weighted by molar-refractivity contribution is 6.30. The van der Waals surface area contributed by atoms with Crippen LogP contribution in [0.5, 0.6) is 0 Å². The van der Waals surface area contributed by atoms with Crippen LogP contribution in [0, 0.1) is 13.8 Å². The lowest BCUT2D eigenvalue weighted by Gasteiger charge is -2.06. The molecule has 2 aromatic carbocycles. The molecule has 0 radical (unpaired) electrons. The summed E-state index contributed by atoms with van der Waals surface area (Å²) in [6, 6.07) is 13.6. The Morgan fingerprint density at radius 1 is 1.05 bits per heavy atom. The number of halogens is 1. The van der Waals surface area contributed by atoms with Crippen LogP contribution in [0.1, 0.15) is 33.5 Å². The molecule has 1 nitrogen and oxygen atoms in total. The average molecular weight is 273 g/mol. The second-order valence-electron chi connectivity index (χ2n) is 4.87. The molecule has 0 N–H and O–H groups in total. The first kappa shape index (κ1) is 13.8. The number of carbonyl (C=O) groups excluding carboxylic acids is 1. The molecule has 2 heteroatoms. The zero-order chi connectivity index (χ0) is 13.8. The van der Waals surface area contributed by atoms with Gasteiger partial charge in [0.1, 0.15) is 0 Å². The Kier molecular flexibility index (Phi) is 4.39. The normalized spacial score (nSPS) is 10.5. The maximum absolute atomic E-state index is 12.2. The summed E-state index contributed by atoms with van der Waals surface area (Å²) in [4.78, 5) is 12.2. The summed E-state index contributed by atoms with van der Waals surface area (Å²) in [6.07, 6.45) is 1.29. The van der Waals surface area contributed by atoms with Gasteiger partial charge in [-0.05, 0) is 43.5 Å². The van der Waals surface area contributed by atoms with Gasteiger partial charge < -0.3 is 0 Å². The van der Waals surface area contributed by atoms with Crippen molar-refractivity contribution < 1.29 is 4.79 Å². The predicted octanol–water partition coefficient (Wildman–Crippen LogP) is 4.77. The molecule has 0 saturated heterocycles. The fourth-order valence-electron chi connectivity index (χ4n) is 2.17. The fraction of sp³-hybridized carbons (Fsp3) is 0.235. The molecule has 0 aliphatic heterocycles. The van der Waals surface area contributed by atoms with Crippen LogP contribution in [0.25, 0.3) is 0 Å². The van der Waals surface area contributed by atoms with Crippen molar-refractivity contribution in [2.45, 2.75) is 26.7 Å². The van der Waals surface area contributed by atoms with E-state index in [-0.39, 0.29) is 5.78 Å². The van der Waals surface area contributed by atoms with Gasteiger partial charge in [-0.15, -0.1) is 0 Å². The van der Waals surface area contributed by atoms with Gasteiger partial charge in [-0.3, -0.25) is 4.79 Å². The van der Waals surface area contributed by atoms with Crippen molar-refractivity contribution in [2.75, 3.05) is 0 Å². The highest BCUT2D eigenvalue weighted by Crippen LogP contribution is 2.15. The first-order chi connectivity index (χ1) is 9.06. The van der Waals surface area contributed by atoms with Crippen molar-refractivity contribution in [2.24, 2.45) is 0 Å². The highest BCUT2D eigenvalue weighted by Gasteiger charge is 2.09. The van der Waals surface area contributed by atoms with Crippen LogP contribution in [-0.2, 0) is 6.42 Å². The molecule has 0 fully saturated rings. The summed E-state index contributed by atoms with van der Waals surface area (Å²) < 4.78 is 0. The second-order valence-corrected chi connectivity index (χ2v) is 5.30. The van der Waals surface area contributed by atoms with E-state index in [2.05, 4.69) is 6.07 Å². The third-order valence-electron chi connectivity index (χ3n) is 3.24. The van der Waals surface area contributed by atoms with Gasteiger partial charge in [0, 0.05) is 17.0 Å². The van der Waals surface area contributed by atoms with Crippen molar-refractivity contribution in [3.63, 3.8) is 0 Å². The molecule has 0 aliphatic carbocycles. The van der Waals surface area contributed by atoms with Gasteiger partial charge >= 0.3 is 0 Å².